The van der Waals surface area contributed by atoms with Gasteiger partial charge in [-0.05, 0) is 97.7 Å². The Morgan fingerprint density at radius 1 is 0.312 bits per heavy atom. The highest BCUT2D eigenvalue weighted by Crippen LogP contribution is 2.81. The first-order valence-corrected chi connectivity index (χ1v) is 16.3. The van der Waals surface area contributed by atoms with Crippen molar-refractivity contribution in [2.24, 2.45) is 56.2 Å². The van der Waals surface area contributed by atoms with Crippen LogP contribution in [-0.2, 0) is 0 Å². The molecule has 0 aromatic rings. The molecule has 160 valence electrons. The first kappa shape index (κ1) is 29.4. The highest BCUT2D eigenvalue weighted by molar-refractivity contribution is 7.88. The highest BCUT2D eigenvalue weighted by Gasteiger charge is 2.38. The van der Waals surface area contributed by atoms with Crippen LogP contribution >= 0.6 is 128 Å². The van der Waals surface area contributed by atoms with E-state index < -0.39 is 30.0 Å². The van der Waals surface area contributed by atoms with Crippen LogP contribution in [0.5, 0.6) is 0 Å². The third-order valence-corrected chi connectivity index (χ3v) is 14.8. The first-order chi connectivity index (χ1) is 15.3. The van der Waals surface area contributed by atoms with Gasteiger partial charge in [-0.1, -0.05) is 0 Å². The summed E-state index contributed by atoms with van der Waals surface area (Å²) in [7, 11) is -15.3. The van der Waals surface area contributed by atoms with Crippen molar-refractivity contribution >= 4 is 169 Å². The number of thiocarbonyl (C=S) groups is 8. The summed E-state index contributed by atoms with van der Waals surface area (Å²) in [6.07, 6.45) is 0. The summed E-state index contributed by atoms with van der Waals surface area (Å²) in [5.41, 5.74) is 0. The van der Waals surface area contributed by atoms with Gasteiger partial charge in [0.2, 0.25) is 0 Å². The minimum atomic E-state index is -3.82. The normalized spacial score (nSPS) is 29.5. The molecule has 0 unspecified atom stereocenters. The molecule has 0 aliphatic carbocycles. The summed E-state index contributed by atoms with van der Waals surface area (Å²) in [5, 5.41) is 17.0. The van der Waals surface area contributed by atoms with E-state index in [0.717, 1.165) is 0 Å². The molecule has 1 aliphatic rings. The van der Waals surface area contributed by atoms with E-state index in [0.29, 0.717) is 0 Å². The highest BCUT2D eigenvalue weighted by atomic mass is 32.1. The van der Waals surface area contributed by atoms with Crippen molar-refractivity contribution in [3.8, 4) is 0 Å². The third kappa shape index (κ3) is 7.68. The predicted molar refractivity (Wildman–Crippen MR) is 158 cm³/mol. The van der Waals surface area contributed by atoms with E-state index in [9.17, 15) is 0 Å². The third-order valence-electron chi connectivity index (χ3n) is 2.36. The monoisotopic (exact) mass is 644 g/mol. The zero-order chi connectivity index (χ0) is 24.1. The molecule has 32 heavy (non-hydrogen) atoms. The van der Waals surface area contributed by atoms with Crippen molar-refractivity contribution in [2.75, 3.05) is 0 Å². The first-order valence-electron chi connectivity index (χ1n) is 6.62. The van der Waals surface area contributed by atoms with E-state index in [1.54, 1.807) is 0 Å². The Kier molecular flexibility index (Phi) is 12.7. The molecule has 0 fully saturated rings. The molecular formula is C8N12P4S8. The molecular weight excluding hydrogens is 645 g/mol. The summed E-state index contributed by atoms with van der Waals surface area (Å²) in [6, 6.07) is 0. The van der Waals surface area contributed by atoms with Crippen molar-refractivity contribution in [1.82, 2.24) is 0 Å². The number of rotatable bonds is 8. The van der Waals surface area contributed by atoms with Gasteiger partial charge < -0.3 is 0 Å². The number of hydrogen-bond acceptors (Lipinski definition) is 20. The van der Waals surface area contributed by atoms with Crippen LogP contribution in [0.1, 0.15) is 0 Å². The van der Waals surface area contributed by atoms with Crippen LogP contribution in [0, 0.1) is 0 Å². The maximum atomic E-state index is 4.72. The largest absolute Gasteiger partial charge is 0.329 e. The fourth-order valence-electron chi connectivity index (χ4n) is 1.56. The Hall–Kier alpha value is -0.680. The van der Waals surface area contributed by atoms with Crippen molar-refractivity contribution in [3.63, 3.8) is 0 Å². The zero-order valence-corrected chi connectivity index (χ0v) is 24.5. The minimum absolute atomic E-state index is 2.12. The summed E-state index contributed by atoms with van der Waals surface area (Å²) in [4.78, 5) is 0. The summed E-state index contributed by atoms with van der Waals surface area (Å²) >= 11 is 37.8. The van der Waals surface area contributed by atoms with Gasteiger partial charge in [-0.25, -0.2) is 0 Å². The molecule has 0 bridgehead atoms. The van der Waals surface area contributed by atoms with Gasteiger partial charge in [0.15, 0.2) is 0 Å². The number of hydrogen-bond donors (Lipinski definition) is 0. The van der Waals surface area contributed by atoms with Gasteiger partial charge in [-0.3, -0.25) is 0 Å². The Morgan fingerprint density at radius 2 is 0.438 bits per heavy atom. The fourth-order valence-corrected chi connectivity index (χ4v) is 14.8. The molecule has 1 heterocycles. The average molecular weight is 645 g/mol. The Labute approximate surface area is 223 Å². The molecule has 0 radical (unpaired) electrons. The number of isothiocyanates is 8. The molecule has 0 spiro atoms. The van der Waals surface area contributed by atoms with E-state index in [2.05, 4.69) is 97.5 Å². The van der Waals surface area contributed by atoms with E-state index in [1.165, 1.54) is 0 Å². The van der Waals surface area contributed by atoms with E-state index in [4.69, 9.17) is 97.7 Å². The van der Waals surface area contributed by atoms with Gasteiger partial charge in [-0.15, -0.1) is 38.1 Å². The number of nitrogens with zero attached hydrogens (tertiary/aromatic N) is 12. The topological polar surface area (TPSA) is 148 Å². The fraction of sp³-hybridized carbons (Fsp3) is 0. The molecule has 0 saturated carbocycles. The van der Waals surface area contributed by atoms with Crippen LogP contribution in [-0.4, -0.2) is 41.3 Å². The maximum Gasteiger partial charge on any atom is 0.329 e. The van der Waals surface area contributed by atoms with Crippen LogP contribution in [0.4, 0.5) is 0 Å². The summed E-state index contributed by atoms with van der Waals surface area (Å²) in [6.45, 7) is 0. The lowest BCUT2D eigenvalue weighted by Gasteiger charge is -2.20. The molecule has 0 aromatic heterocycles. The molecule has 1 rings (SSSR count). The standard InChI is InChI=1S/C8N12P4S8/c25-1-9-21(10-2-26)17-22(11-3-27,12-4-28)19-24(15-7-31,16-8-32)20-23(18-21,13-5-29)14-6-30. The van der Waals surface area contributed by atoms with Gasteiger partial charge in [0.25, 0.3) is 0 Å². The maximum absolute atomic E-state index is 4.72. The van der Waals surface area contributed by atoms with E-state index in [1.807, 2.05) is 0 Å². The molecule has 1 aliphatic heterocycles. The summed E-state index contributed by atoms with van der Waals surface area (Å²) in [5.74, 6) is 0. The van der Waals surface area contributed by atoms with Crippen molar-refractivity contribution in [1.29, 1.82) is 0 Å². The van der Waals surface area contributed by atoms with Gasteiger partial charge in [0.1, 0.15) is 0 Å². The molecule has 0 N–H and O–H groups in total. The Morgan fingerprint density at radius 3 is 0.531 bits per heavy atom. The van der Waals surface area contributed by atoms with Crippen LogP contribution in [0.25, 0.3) is 0 Å². The van der Waals surface area contributed by atoms with Crippen molar-refractivity contribution in [2.45, 2.75) is 0 Å². The quantitative estimate of drug-likeness (QED) is 0.145. The molecule has 0 atom stereocenters. The van der Waals surface area contributed by atoms with Crippen molar-refractivity contribution < 1.29 is 0 Å². The lowest BCUT2D eigenvalue weighted by molar-refractivity contribution is 1.47. The van der Waals surface area contributed by atoms with Crippen molar-refractivity contribution in [3.05, 3.63) is 0 Å². The van der Waals surface area contributed by atoms with Gasteiger partial charge in [0.05, 0.1) is 41.3 Å². The van der Waals surface area contributed by atoms with Crippen LogP contribution < -0.4 is 0 Å². The van der Waals surface area contributed by atoms with Gasteiger partial charge >= 0.3 is 30.0 Å². The smallest absolute Gasteiger partial charge is 0.157 e. The summed E-state index contributed by atoms with van der Waals surface area (Å²) < 4.78 is 49.1. The van der Waals surface area contributed by atoms with Gasteiger partial charge in [-0.2, -0.15) is 18.1 Å². The zero-order valence-electron chi connectivity index (χ0n) is 14.4. The molecule has 24 heteroatoms. The lowest BCUT2D eigenvalue weighted by Crippen LogP contribution is -1.82. The second-order valence-electron chi connectivity index (χ2n) is 4.03. The second kappa shape index (κ2) is 13.9. The van der Waals surface area contributed by atoms with Gasteiger partial charge in [0, 0.05) is 0 Å². The van der Waals surface area contributed by atoms with E-state index in [-0.39, 0.29) is 0 Å². The van der Waals surface area contributed by atoms with Crippen LogP contribution in [0.2, 0.25) is 0 Å². The van der Waals surface area contributed by atoms with E-state index >= 15 is 0 Å². The second-order valence-corrected chi connectivity index (χ2v) is 14.3. The SMILES string of the molecule is S=C=NP1(N=C=S)=NP(N=C=S)(N=C=S)=NP(N=C=S)(N=C=S)=NP(N=C=S)(N=C=S)=N1. The Balaban J connectivity index is 4.93. The van der Waals surface area contributed by atoms with Crippen LogP contribution in [0.15, 0.2) is 56.2 Å². The lowest BCUT2D eigenvalue weighted by atomic mass is 11.8. The molecule has 0 amide bonds. The average Bonchev–Trinajstić information content (AvgIpc) is 2.68. The van der Waals surface area contributed by atoms with Crippen LogP contribution in [0.3, 0.4) is 0 Å². The Bertz CT molecular complexity index is 1140. The molecule has 0 aromatic carbocycles. The molecule has 12 nitrogen and oxygen atoms in total. The molecule has 0 saturated heterocycles. The predicted octanol–water partition coefficient (Wildman–Crippen LogP) is 8.61. The minimum Gasteiger partial charge on any atom is -0.157 e.